The number of amides is 1. The van der Waals surface area contributed by atoms with Crippen molar-refractivity contribution in [3.05, 3.63) is 82.7 Å². The van der Waals surface area contributed by atoms with Crippen molar-refractivity contribution in [3.63, 3.8) is 0 Å². The fourth-order valence-electron chi connectivity index (χ4n) is 3.39. The van der Waals surface area contributed by atoms with Gasteiger partial charge in [-0.1, -0.05) is 12.1 Å². The van der Waals surface area contributed by atoms with Crippen LogP contribution in [0.5, 0.6) is 0 Å². The van der Waals surface area contributed by atoms with Gasteiger partial charge < -0.3 is 10.3 Å². The molecule has 0 aliphatic rings. The second kappa shape index (κ2) is 6.16. The summed E-state index contributed by atoms with van der Waals surface area (Å²) in [7, 11) is 0. The number of nitrogens with two attached hydrogens (primary N) is 1. The molecule has 0 aliphatic heterocycles. The van der Waals surface area contributed by atoms with Crippen molar-refractivity contribution >= 4 is 27.7 Å². The number of hydrogen-bond donors (Lipinski definition) is 1. The molecule has 4 rings (SSSR count). The van der Waals surface area contributed by atoms with Crippen molar-refractivity contribution in [1.82, 2.24) is 4.57 Å². The maximum atomic E-state index is 14.2. The molecule has 1 heterocycles. The molecule has 0 fully saturated rings. The zero-order valence-electron chi connectivity index (χ0n) is 14.3. The van der Waals surface area contributed by atoms with Gasteiger partial charge in [0.1, 0.15) is 5.82 Å². The maximum Gasteiger partial charge on any atom is 0.249 e. The predicted octanol–water partition coefficient (Wildman–Crippen LogP) is 4.47. The molecule has 3 nitrogen and oxygen atoms in total. The first-order valence-electron chi connectivity index (χ1n) is 8.23. The van der Waals surface area contributed by atoms with Gasteiger partial charge in [0.15, 0.2) is 11.6 Å². The quantitative estimate of drug-likeness (QED) is 0.534. The summed E-state index contributed by atoms with van der Waals surface area (Å²) in [5.74, 6) is -3.79. The fourth-order valence-corrected chi connectivity index (χ4v) is 3.39. The maximum absolute atomic E-state index is 14.2. The SMILES string of the molecule is Cc1c[c]c2c3c(C(N)=O)cccc3n(Cc3cc(F)c(F)cc3F)c2c1. The first-order valence-corrected chi connectivity index (χ1v) is 8.23. The average molecular weight is 367 g/mol. The van der Waals surface area contributed by atoms with Crippen molar-refractivity contribution in [2.75, 3.05) is 0 Å². The third-order valence-electron chi connectivity index (χ3n) is 4.62. The van der Waals surface area contributed by atoms with E-state index in [1.165, 1.54) is 0 Å². The highest BCUT2D eigenvalue weighted by molar-refractivity contribution is 6.17. The van der Waals surface area contributed by atoms with Gasteiger partial charge in [-0.2, -0.15) is 0 Å². The molecule has 27 heavy (non-hydrogen) atoms. The van der Waals surface area contributed by atoms with Gasteiger partial charge in [0.05, 0.1) is 17.6 Å². The van der Waals surface area contributed by atoms with Gasteiger partial charge in [0.2, 0.25) is 5.91 Å². The van der Waals surface area contributed by atoms with Crippen LogP contribution in [0.3, 0.4) is 0 Å². The van der Waals surface area contributed by atoms with E-state index >= 15 is 0 Å². The lowest BCUT2D eigenvalue weighted by Crippen LogP contribution is -2.11. The van der Waals surface area contributed by atoms with Crippen molar-refractivity contribution in [3.8, 4) is 0 Å². The Balaban J connectivity index is 2.05. The van der Waals surface area contributed by atoms with E-state index in [1.54, 1.807) is 28.8 Å². The molecule has 2 N–H and O–H groups in total. The molecule has 3 aromatic carbocycles. The number of aromatic nitrogens is 1. The lowest BCUT2D eigenvalue weighted by molar-refractivity contribution is 0.100. The minimum absolute atomic E-state index is 0.00122. The van der Waals surface area contributed by atoms with E-state index < -0.39 is 23.4 Å². The van der Waals surface area contributed by atoms with E-state index in [2.05, 4.69) is 6.07 Å². The minimum atomic E-state index is -1.24. The molecule has 1 amide bonds. The molecule has 0 saturated heterocycles. The first-order chi connectivity index (χ1) is 12.9. The number of primary amides is 1. The summed E-state index contributed by atoms with van der Waals surface area (Å²) in [5, 5.41) is 1.26. The van der Waals surface area contributed by atoms with E-state index in [-0.39, 0.29) is 12.1 Å². The summed E-state index contributed by atoms with van der Waals surface area (Å²) in [5.41, 5.74) is 8.07. The minimum Gasteiger partial charge on any atom is -0.366 e. The van der Waals surface area contributed by atoms with Crippen LogP contribution in [0.1, 0.15) is 21.5 Å². The number of aryl methyl sites for hydroxylation is 1. The topological polar surface area (TPSA) is 48.0 Å². The number of benzene rings is 3. The normalized spacial score (nSPS) is 11.4. The van der Waals surface area contributed by atoms with E-state index in [0.29, 0.717) is 33.4 Å². The Morgan fingerprint density at radius 1 is 1.07 bits per heavy atom. The summed E-state index contributed by atoms with van der Waals surface area (Å²) in [4.78, 5) is 11.9. The van der Waals surface area contributed by atoms with Gasteiger partial charge in [0, 0.05) is 28.0 Å². The summed E-state index contributed by atoms with van der Waals surface area (Å²) in [6, 6.07) is 13.2. The van der Waals surface area contributed by atoms with Crippen LogP contribution in [0.4, 0.5) is 13.2 Å². The number of halogens is 3. The van der Waals surface area contributed by atoms with Crippen molar-refractivity contribution in [2.45, 2.75) is 13.5 Å². The average Bonchev–Trinajstić information content (AvgIpc) is 2.92. The summed E-state index contributed by atoms with van der Waals surface area (Å²) in [6.45, 7) is 1.84. The Bertz CT molecular complexity index is 1230. The van der Waals surface area contributed by atoms with Crippen LogP contribution in [0.25, 0.3) is 21.8 Å². The number of hydrogen-bond acceptors (Lipinski definition) is 1. The Morgan fingerprint density at radius 2 is 1.81 bits per heavy atom. The molecule has 0 atom stereocenters. The molecular formula is C21H14F3N2O. The number of fused-ring (bicyclic) bond motifs is 3. The molecule has 0 aliphatic carbocycles. The van der Waals surface area contributed by atoms with Crippen LogP contribution < -0.4 is 5.73 Å². The van der Waals surface area contributed by atoms with Gasteiger partial charge in [-0.3, -0.25) is 4.79 Å². The van der Waals surface area contributed by atoms with E-state index in [4.69, 9.17) is 5.73 Å². The van der Waals surface area contributed by atoms with Crippen LogP contribution in [-0.2, 0) is 6.54 Å². The summed E-state index contributed by atoms with van der Waals surface area (Å²) >= 11 is 0. The molecule has 135 valence electrons. The summed E-state index contributed by atoms with van der Waals surface area (Å²) in [6.07, 6.45) is 0. The Labute approximate surface area is 152 Å². The van der Waals surface area contributed by atoms with E-state index in [9.17, 15) is 18.0 Å². The van der Waals surface area contributed by atoms with Crippen molar-refractivity contribution < 1.29 is 18.0 Å². The Kier molecular flexibility index (Phi) is 3.91. The molecular weight excluding hydrogens is 353 g/mol. The Hall–Kier alpha value is -3.28. The number of nitrogens with zero attached hydrogens (tertiary/aromatic N) is 1. The van der Waals surface area contributed by atoms with Crippen LogP contribution in [0, 0.1) is 30.4 Å². The predicted molar refractivity (Wildman–Crippen MR) is 97.0 cm³/mol. The molecule has 6 heteroatoms. The van der Waals surface area contributed by atoms with E-state index in [1.807, 2.05) is 13.0 Å². The highest BCUT2D eigenvalue weighted by Gasteiger charge is 2.18. The third-order valence-corrected chi connectivity index (χ3v) is 4.62. The van der Waals surface area contributed by atoms with Gasteiger partial charge in [-0.25, -0.2) is 13.2 Å². The molecule has 0 bridgehead atoms. The van der Waals surface area contributed by atoms with Crippen LogP contribution >= 0.6 is 0 Å². The summed E-state index contributed by atoms with van der Waals surface area (Å²) < 4.78 is 42.8. The second-order valence-corrected chi connectivity index (χ2v) is 6.45. The molecule has 0 saturated carbocycles. The molecule has 1 radical (unpaired) electrons. The zero-order valence-corrected chi connectivity index (χ0v) is 14.3. The second-order valence-electron chi connectivity index (χ2n) is 6.45. The number of rotatable bonds is 3. The van der Waals surface area contributed by atoms with Crippen molar-refractivity contribution in [1.29, 1.82) is 0 Å². The Morgan fingerprint density at radius 3 is 2.56 bits per heavy atom. The van der Waals surface area contributed by atoms with Crippen LogP contribution in [0.2, 0.25) is 0 Å². The molecule has 4 aromatic rings. The standard InChI is InChI=1S/C21H14F3N2O/c1-11-5-6-13-19(7-11)26(10-12-8-16(23)17(24)9-15(12)22)18-4-2-3-14(20(13)18)21(25)27/h2-5,7-9H,10H2,1H3,(H2,25,27). The first kappa shape index (κ1) is 17.1. The van der Waals surface area contributed by atoms with Gasteiger partial charge >= 0.3 is 0 Å². The number of carbonyl (C=O) groups excluding carboxylic acids is 1. The smallest absolute Gasteiger partial charge is 0.249 e. The van der Waals surface area contributed by atoms with Gasteiger partial charge in [0.25, 0.3) is 0 Å². The van der Waals surface area contributed by atoms with Crippen LogP contribution in [-0.4, -0.2) is 10.5 Å². The largest absolute Gasteiger partial charge is 0.366 e. The number of carbonyl (C=O) groups is 1. The fraction of sp³-hybridized carbons (Fsp3) is 0.0952. The monoisotopic (exact) mass is 367 g/mol. The zero-order chi connectivity index (χ0) is 19.3. The van der Waals surface area contributed by atoms with Crippen molar-refractivity contribution in [2.24, 2.45) is 5.73 Å². The molecule has 1 aromatic heterocycles. The molecule has 0 spiro atoms. The lowest BCUT2D eigenvalue weighted by Gasteiger charge is -2.10. The highest BCUT2D eigenvalue weighted by Crippen LogP contribution is 2.33. The highest BCUT2D eigenvalue weighted by atomic mass is 19.2. The van der Waals surface area contributed by atoms with Crippen LogP contribution in [0.15, 0.2) is 42.5 Å². The van der Waals surface area contributed by atoms with Gasteiger partial charge in [-0.15, -0.1) is 0 Å². The molecule has 0 unspecified atom stereocenters. The lowest BCUT2D eigenvalue weighted by atomic mass is 10.1. The van der Waals surface area contributed by atoms with Gasteiger partial charge in [-0.05, 0) is 42.8 Å². The van der Waals surface area contributed by atoms with E-state index in [0.717, 1.165) is 11.6 Å². The third kappa shape index (κ3) is 2.73.